The molecule has 2 N–H and O–H groups in total. The molecule has 0 spiro atoms. The minimum Gasteiger partial charge on any atom is -0.497 e. The normalized spacial score (nSPS) is 11.4. The van der Waals surface area contributed by atoms with Gasteiger partial charge in [-0.05, 0) is 57.3 Å². The Morgan fingerprint density at radius 1 is 0.968 bits per heavy atom. The quantitative estimate of drug-likeness (QED) is 0.307. The molecule has 2 aromatic rings. The van der Waals surface area contributed by atoms with Gasteiger partial charge in [-0.3, -0.25) is 0 Å². The van der Waals surface area contributed by atoms with E-state index in [0.29, 0.717) is 13.1 Å². The summed E-state index contributed by atoms with van der Waals surface area (Å²) in [5.74, 6) is 3.20. The number of rotatable bonds is 12. The molecule has 0 aromatic heterocycles. The Balaban J connectivity index is 1.90. The minimum absolute atomic E-state index is 0.579. The van der Waals surface area contributed by atoms with Crippen LogP contribution in [0.2, 0.25) is 0 Å². The summed E-state index contributed by atoms with van der Waals surface area (Å²) < 4.78 is 16.5. The van der Waals surface area contributed by atoms with Crippen molar-refractivity contribution in [2.45, 2.75) is 26.4 Å². The van der Waals surface area contributed by atoms with Crippen LogP contribution in [0, 0.1) is 0 Å². The van der Waals surface area contributed by atoms with Crippen molar-refractivity contribution in [3.8, 4) is 17.2 Å². The van der Waals surface area contributed by atoms with E-state index in [4.69, 9.17) is 19.2 Å². The number of nitrogens with zero attached hydrogens (tertiary/aromatic N) is 2. The van der Waals surface area contributed by atoms with Gasteiger partial charge in [0.2, 0.25) is 0 Å². The van der Waals surface area contributed by atoms with Gasteiger partial charge in [0.25, 0.3) is 0 Å². The molecule has 0 fully saturated rings. The molecule has 0 bridgehead atoms. The Bertz CT molecular complexity index is 807. The molecule has 0 aliphatic rings. The van der Waals surface area contributed by atoms with Crippen LogP contribution in [0.15, 0.2) is 47.5 Å². The molecule has 7 heteroatoms. The molecule has 2 aromatic carbocycles. The van der Waals surface area contributed by atoms with E-state index in [1.165, 1.54) is 0 Å². The van der Waals surface area contributed by atoms with E-state index >= 15 is 0 Å². The molecule has 0 amide bonds. The fourth-order valence-electron chi connectivity index (χ4n) is 2.95. The summed E-state index contributed by atoms with van der Waals surface area (Å²) in [7, 11) is 7.44. The standard InChI is InChI=1S/C24H36N4O3/c1-6-25-24(27-18-20-10-13-22(29-4)16-23(20)30-5)26-17-19-8-11-21(12-9-19)31-15-7-14-28(2)3/h8-13,16H,6-7,14-15,17-18H2,1-5H3,(H2,25,26,27). The molecule has 0 aliphatic carbocycles. The van der Waals surface area contributed by atoms with Crippen molar-refractivity contribution < 1.29 is 14.2 Å². The first kappa shape index (κ1) is 24.3. The van der Waals surface area contributed by atoms with Gasteiger partial charge in [0.1, 0.15) is 17.2 Å². The molecule has 170 valence electrons. The fraction of sp³-hybridized carbons (Fsp3) is 0.458. The second-order valence-corrected chi connectivity index (χ2v) is 7.38. The van der Waals surface area contributed by atoms with Crippen molar-refractivity contribution in [2.24, 2.45) is 4.99 Å². The van der Waals surface area contributed by atoms with E-state index in [0.717, 1.165) is 60.5 Å². The summed E-state index contributed by atoms with van der Waals surface area (Å²) in [6.07, 6.45) is 1.01. The predicted molar refractivity (Wildman–Crippen MR) is 126 cm³/mol. The number of hydrogen-bond acceptors (Lipinski definition) is 5. The van der Waals surface area contributed by atoms with E-state index < -0.39 is 0 Å². The molecule has 2 rings (SSSR count). The van der Waals surface area contributed by atoms with Crippen LogP contribution in [-0.2, 0) is 13.1 Å². The SMILES string of the molecule is CCNC(=NCc1ccc(OCCCN(C)C)cc1)NCc1ccc(OC)cc1OC. The van der Waals surface area contributed by atoms with E-state index in [1.54, 1.807) is 14.2 Å². The van der Waals surface area contributed by atoms with Gasteiger partial charge in [-0.25, -0.2) is 4.99 Å². The molecule has 0 saturated heterocycles. The molecular formula is C24H36N4O3. The third-order valence-corrected chi connectivity index (χ3v) is 4.65. The molecule has 0 heterocycles. The van der Waals surface area contributed by atoms with Crippen molar-refractivity contribution in [1.29, 1.82) is 0 Å². The Labute approximate surface area is 186 Å². The highest BCUT2D eigenvalue weighted by Gasteiger charge is 2.06. The van der Waals surface area contributed by atoms with E-state index in [1.807, 2.05) is 37.3 Å². The number of methoxy groups -OCH3 is 2. The zero-order valence-electron chi connectivity index (χ0n) is 19.4. The van der Waals surface area contributed by atoms with Gasteiger partial charge in [-0.15, -0.1) is 0 Å². The lowest BCUT2D eigenvalue weighted by molar-refractivity contribution is 0.281. The average molecular weight is 429 g/mol. The number of hydrogen-bond donors (Lipinski definition) is 2. The maximum atomic E-state index is 5.79. The van der Waals surface area contributed by atoms with Crippen LogP contribution >= 0.6 is 0 Å². The smallest absolute Gasteiger partial charge is 0.191 e. The van der Waals surface area contributed by atoms with Crippen LogP contribution in [0.5, 0.6) is 17.2 Å². The Kier molecular flexibility index (Phi) is 10.5. The molecular weight excluding hydrogens is 392 g/mol. The summed E-state index contributed by atoms with van der Waals surface area (Å²) in [5.41, 5.74) is 2.16. The summed E-state index contributed by atoms with van der Waals surface area (Å²) in [5, 5.41) is 6.65. The van der Waals surface area contributed by atoms with Crippen molar-refractivity contribution in [2.75, 3.05) is 48.0 Å². The summed E-state index contributed by atoms with van der Waals surface area (Å²) in [6.45, 7) is 5.75. The Morgan fingerprint density at radius 2 is 1.71 bits per heavy atom. The third-order valence-electron chi connectivity index (χ3n) is 4.65. The summed E-state index contributed by atoms with van der Waals surface area (Å²) >= 11 is 0. The molecule has 0 radical (unpaired) electrons. The second-order valence-electron chi connectivity index (χ2n) is 7.38. The molecule has 0 unspecified atom stereocenters. The lowest BCUT2D eigenvalue weighted by atomic mass is 10.2. The highest BCUT2D eigenvalue weighted by atomic mass is 16.5. The third kappa shape index (κ3) is 8.76. The Morgan fingerprint density at radius 3 is 2.35 bits per heavy atom. The first-order valence-electron chi connectivity index (χ1n) is 10.6. The van der Waals surface area contributed by atoms with Gasteiger partial charge in [-0.1, -0.05) is 12.1 Å². The molecule has 31 heavy (non-hydrogen) atoms. The van der Waals surface area contributed by atoms with Crippen molar-refractivity contribution in [3.05, 3.63) is 53.6 Å². The summed E-state index contributed by atoms with van der Waals surface area (Å²) in [6, 6.07) is 13.9. The lowest BCUT2D eigenvalue weighted by Crippen LogP contribution is -2.36. The largest absolute Gasteiger partial charge is 0.497 e. The monoisotopic (exact) mass is 428 g/mol. The van der Waals surface area contributed by atoms with Crippen LogP contribution in [0.3, 0.4) is 0 Å². The number of benzene rings is 2. The lowest BCUT2D eigenvalue weighted by Gasteiger charge is -2.14. The van der Waals surface area contributed by atoms with Gasteiger partial charge in [-0.2, -0.15) is 0 Å². The van der Waals surface area contributed by atoms with E-state index in [9.17, 15) is 0 Å². The highest BCUT2D eigenvalue weighted by Crippen LogP contribution is 2.24. The van der Waals surface area contributed by atoms with Gasteiger partial charge in [0.15, 0.2) is 5.96 Å². The molecule has 0 atom stereocenters. The number of aliphatic imine (C=N–C) groups is 1. The second kappa shape index (κ2) is 13.4. The first-order chi connectivity index (χ1) is 15.0. The van der Waals surface area contributed by atoms with E-state index in [-0.39, 0.29) is 0 Å². The zero-order chi connectivity index (χ0) is 22.5. The fourth-order valence-corrected chi connectivity index (χ4v) is 2.95. The summed E-state index contributed by atoms with van der Waals surface area (Å²) in [4.78, 5) is 6.85. The molecule has 0 saturated carbocycles. The van der Waals surface area contributed by atoms with Gasteiger partial charge in [0, 0.05) is 31.3 Å². The van der Waals surface area contributed by atoms with Crippen molar-refractivity contribution in [1.82, 2.24) is 15.5 Å². The van der Waals surface area contributed by atoms with Crippen LogP contribution < -0.4 is 24.8 Å². The van der Waals surface area contributed by atoms with Crippen LogP contribution in [0.25, 0.3) is 0 Å². The number of guanidine groups is 1. The maximum Gasteiger partial charge on any atom is 0.191 e. The van der Waals surface area contributed by atoms with Crippen LogP contribution in [0.4, 0.5) is 0 Å². The number of ether oxygens (including phenoxy) is 3. The van der Waals surface area contributed by atoms with Crippen molar-refractivity contribution in [3.63, 3.8) is 0 Å². The van der Waals surface area contributed by atoms with Gasteiger partial charge in [0.05, 0.1) is 27.4 Å². The van der Waals surface area contributed by atoms with Crippen molar-refractivity contribution >= 4 is 5.96 Å². The highest BCUT2D eigenvalue weighted by molar-refractivity contribution is 5.79. The van der Waals surface area contributed by atoms with Crippen LogP contribution in [-0.4, -0.2) is 58.9 Å². The topological polar surface area (TPSA) is 67.4 Å². The van der Waals surface area contributed by atoms with E-state index in [2.05, 4.69) is 41.8 Å². The number of nitrogens with one attached hydrogen (secondary N) is 2. The minimum atomic E-state index is 0.579. The first-order valence-corrected chi connectivity index (χ1v) is 10.6. The average Bonchev–Trinajstić information content (AvgIpc) is 2.79. The van der Waals surface area contributed by atoms with Gasteiger partial charge >= 0.3 is 0 Å². The zero-order valence-corrected chi connectivity index (χ0v) is 19.4. The predicted octanol–water partition coefficient (Wildman–Crippen LogP) is 3.29. The molecule has 7 nitrogen and oxygen atoms in total. The maximum absolute atomic E-state index is 5.79. The molecule has 0 aliphatic heterocycles. The van der Waals surface area contributed by atoms with Gasteiger partial charge < -0.3 is 29.7 Å². The Hall–Kier alpha value is -2.93. The van der Waals surface area contributed by atoms with Crippen LogP contribution in [0.1, 0.15) is 24.5 Å².